The smallest absolute Gasteiger partial charge is 0.311 e. The minimum absolute atomic E-state index is 0.221. The van der Waals surface area contributed by atoms with Crippen LogP contribution >= 0.6 is 0 Å². The molecular weight excluding hydrogens is 252 g/mol. The van der Waals surface area contributed by atoms with Crippen LogP contribution in [0.4, 0.5) is 0 Å². The predicted molar refractivity (Wildman–Crippen MR) is 77.8 cm³/mol. The van der Waals surface area contributed by atoms with E-state index in [1.807, 2.05) is 30.3 Å². The van der Waals surface area contributed by atoms with Crippen LogP contribution in [0.3, 0.4) is 0 Å². The third kappa shape index (κ3) is 4.12. The van der Waals surface area contributed by atoms with Crippen LogP contribution < -0.4 is 4.74 Å². The molecule has 1 N–H and O–H groups in total. The molecule has 2 aromatic rings. The molecule has 104 valence electrons. The Kier molecular flexibility index (Phi) is 4.77. The van der Waals surface area contributed by atoms with E-state index in [9.17, 15) is 9.90 Å². The lowest BCUT2D eigenvalue weighted by molar-refractivity contribution is -0.134. The second-order valence-electron chi connectivity index (χ2n) is 4.82. The fraction of sp³-hybridized carbons (Fsp3) is 0.235. The van der Waals surface area contributed by atoms with E-state index in [-0.39, 0.29) is 17.6 Å². The lowest BCUT2D eigenvalue weighted by Crippen LogP contribution is -2.09. The summed E-state index contributed by atoms with van der Waals surface area (Å²) in [5.74, 6) is 0.861. The van der Waals surface area contributed by atoms with Crippen LogP contribution in [0, 0.1) is 0 Å². The fourth-order valence-corrected chi connectivity index (χ4v) is 1.97. The van der Waals surface area contributed by atoms with Crippen molar-refractivity contribution in [2.45, 2.75) is 25.7 Å². The Hall–Kier alpha value is -2.29. The number of phenols is 1. The Labute approximate surface area is 118 Å². The standard InChI is InChI=1S/C17H18O3/c1-13(14-8-10-15(18)11-9-14)7-12-17(19)20-16-5-3-2-4-6-16/h2-6,8-11,13,18H,7,12H2,1H3. The molecule has 0 fully saturated rings. The SMILES string of the molecule is CC(CCC(=O)Oc1ccccc1)c1ccc(O)cc1. The molecule has 0 saturated heterocycles. The van der Waals surface area contributed by atoms with Crippen molar-refractivity contribution >= 4 is 5.97 Å². The highest BCUT2D eigenvalue weighted by Crippen LogP contribution is 2.23. The molecule has 3 heteroatoms. The number of rotatable bonds is 5. The summed E-state index contributed by atoms with van der Waals surface area (Å²) in [4.78, 5) is 11.7. The summed E-state index contributed by atoms with van der Waals surface area (Å²) in [6.45, 7) is 2.06. The second-order valence-corrected chi connectivity index (χ2v) is 4.82. The van der Waals surface area contributed by atoms with E-state index in [0.717, 1.165) is 12.0 Å². The summed E-state index contributed by atoms with van der Waals surface area (Å²) < 4.78 is 5.24. The molecule has 0 aliphatic rings. The van der Waals surface area contributed by atoms with Gasteiger partial charge in [0.2, 0.25) is 0 Å². The maximum absolute atomic E-state index is 11.7. The third-order valence-corrected chi connectivity index (χ3v) is 3.22. The number of hydrogen-bond donors (Lipinski definition) is 1. The minimum Gasteiger partial charge on any atom is -0.508 e. The first kappa shape index (κ1) is 14.1. The zero-order valence-corrected chi connectivity index (χ0v) is 11.5. The van der Waals surface area contributed by atoms with Gasteiger partial charge in [0.25, 0.3) is 0 Å². The molecule has 2 aromatic carbocycles. The summed E-state index contributed by atoms with van der Waals surface area (Å²) in [5.41, 5.74) is 1.11. The number of hydrogen-bond acceptors (Lipinski definition) is 3. The van der Waals surface area contributed by atoms with Crippen LogP contribution in [0.15, 0.2) is 54.6 Å². The lowest BCUT2D eigenvalue weighted by Gasteiger charge is -2.11. The Morgan fingerprint density at radius 1 is 1.10 bits per heavy atom. The largest absolute Gasteiger partial charge is 0.508 e. The molecule has 0 bridgehead atoms. The first-order chi connectivity index (χ1) is 9.65. The zero-order chi connectivity index (χ0) is 14.4. The van der Waals surface area contributed by atoms with Crippen molar-refractivity contribution in [1.29, 1.82) is 0 Å². The van der Waals surface area contributed by atoms with E-state index < -0.39 is 0 Å². The van der Waals surface area contributed by atoms with Gasteiger partial charge in [-0.15, -0.1) is 0 Å². The summed E-state index contributed by atoms with van der Waals surface area (Å²) in [5, 5.41) is 9.25. The fourth-order valence-electron chi connectivity index (χ4n) is 1.97. The van der Waals surface area contributed by atoms with Gasteiger partial charge in [-0.25, -0.2) is 0 Å². The number of aromatic hydroxyl groups is 1. The van der Waals surface area contributed by atoms with Gasteiger partial charge in [0.05, 0.1) is 0 Å². The molecule has 0 heterocycles. The van der Waals surface area contributed by atoms with Crippen molar-refractivity contribution in [3.63, 3.8) is 0 Å². The topological polar surface area (TPSA) is 46.5 Å². The molecule has 0 aliphatic heterocycles. The van der Waals surface area contributed by atoms with E-state index in [2.05, 4.69) is 6.92 Å². The number of ether oxygens (including phenoxy) is 1. The molecule has 1 atom stereocenters. The molecule has 2 rings (SSSR count). The van der Waals surface area contributed by atoms with Gasteiger partial charge in [0, 0.05) is 6.42 Å². The highest BCUT2D eigenvalue weighted by Gasteiger charge is 2.10. The maximum atomic E-state index is 11.7. The van der Waals surface area contributed by atoms with Gasteiger partial charge in [0.1, 0.15) is 11.5 Å². The summed E-state index contributed by atoms with van der Waals surface area (Å²) >= 11 is 0. The molecule has 0 aromatic heterocycles. The highest BCUT2D eigenvalue weighted by atomic mass is 16.5. The van der Waals surface area contributed by atoms with Crippen LogP contribution in [0.25, 0.3) is 0 Å². The number of carbonyl (C=O) groups is 1. The number of phenolic OH excluding ortho intramolecular Hbond substituents is 1. The number of carbonyl (C=O) groups excluding carboxylic acids is 1. The Morgan fingerprint density at radius 3 is 2.40 bits per heavy atom. The lowest BCUT2D eigenvalue weighted by atomic mass is 9.96. The van der Waals surface area contributed by atoms with Crippen molar-refractivity contribution < 1.29 is 14.6 Å². The van der Waals surface area contributed by atoms with Crippen LogP contribution in [-0.2, 0) is 4.79 Å². The molecule has 0 radical (unpaired) electrons. The third-order valence-electron chi connectivity index (χ3n) is 3.22. The average molecular weight is 270 g/mol. The van der Waals surface area contributed by atoms with Gasteiger partial charge in [-0.1, -0.05) is 37.3 Å². The summed E-state index contributed by atoms with van der Waals surface area (Å²) in [6, 6.07) is 16.2. The molecule has 1 unspecified atom stereocenters. The predicted octanol–water partition coefficient (Wildman–Crippen LogP) is 3.88. The van der Waals surface area contributed by atoms with Gasteiger partial charge in [-0.3, -0.25) is 4.79 Å². The van der Waals surface area contributed by atoms with Crippen molar-refractivity contribution in [2.24, 2.45) is 0 Å². The normalized spacial score (nSPS) is 11.8. The monoisotopic (exact) mass is 270 g/mol. The maximum Gasteiger partial charge on any atom is 0.311 e. The Morgan fingerprint density at radius 2 is 1.75 bits per heavy atom. The van der Waals surface area contributed by atoms with E-state index in [4.69, 9.17) is 4.74 Å². The zero-order valence-electron chi connectivity index (χ0n) is 11.5. The van der Waals surface area contributed by atoms with Gasteiger partial charge in [-0.05, 0) is 42.2 Å². The molecule has 3 nitrogen and oxygen atoms in total. The molecule has 0 saturated carbocycles. The van der Waals surface area contributed by atoms with E-state index in [1.54, 1.807) is 24.3 Å². The van der Waals surface area contributed by atoms with Crippen molar-refractivity contribution in [2.75, 3.05) is 0 Å². The van der Waals surface area contributed by atoms with Crippen molar-refractivity contribution in [3.05, 3.63) is 60.2 Å². The Balaban J connectivity index is 1.82. The minimum atomic E-state index is -0.221. The van der Waals surface area contributed by atoms with Gasteiger partial charge < -0.3 is 9.84 Å². The van der Waals surface area contributed by atoms with Crippen LogP contribution in [-0.4, -0.2) is 11.1 Å². The Bertz CT molecular complexity index is 546. The van der Waals surface area contributed by atoms with E-state index in [0.29, 0.717) is 12.2 Å². The van der Waals surface area contributed by atoms with Crippen molar-refractivity contribution in [3.8, 4) is 11.5 Å². The summed E-state index contributed by atoms with van der Waals surface area (Å²) in [7, 11) is 0. The molecular formula is C17H18O3. The molecule has 0 spiro atoms. The van der Waals surface area contributed by atoms with E-state index >= 15 is 0 Å². The van der Waals surface area contributed by atoms with Gasteiger partial charge >= 0.3 is 5.97 Å². The quantitative estimate of drug-likeness (QED) is 0.662. The first-order valence-electron chi connectivity index (χ1n) is 6.70. The molecule has 0 amide bonds. The number of esters is 1. The second kappa shape index (κ2) is 6.75. The van der Waals surface area contributed by atoms with Gasteiger partial charge in [-0.2, -0.15) is 0 Å². The molecule has 20 heavy (non-hydrogen) atoms. The highest BCUT2D eigenvalue weighted by molar-refractivity contribution is 5.72. The average Bonchev–Trinajstić information content (AvgIpc) is 2.46. The summed E-state index contributed by atoms with van der Waals surface area (Å²) in [6.07, 6.45) is 1.09. The van der Waals surface area contributed by atoms with Crippen LogP contribution in [0.2, 0.25) is 0 Å². The number of para-hydroxylation sites is 1. The number of benzene rings is 2. The van der Waals surface area contributed by atoms with Crippen LogP contribution in [0.5, 0.6) is 11.5 Å². The van der Waals surface area contributed by atoms with E-state index in [1.165, 1.54) is 0 Å². The molecule has 0 aliphatic carbocycles. The van der Waals surface area contributed by atoms with Crippen molar-refractivity contribution in [1.82, 2.24) is 0 Å². The first-order valence-corrected chi connectivity index (χ1v) is 6.70. The van der Waals surface area contributed by atoms with Gasteiger partial charge in [0.15, 0.2) is 0 Å². The van der Waals surface area contributed by atoms with Crippen LogP contribution in [0.1, 0.15) is 31.2 Å².